The summed E-state index contributed by atoms with van der Waals surface area (Å²) in [6.45, 7) is 0. The molecule has 0 amide bonds. The fourth-order valence-corrected chi connectivity index (χ4v) is 3.08. The Balaban J connectivity index is 2.15. The van der Waals surface area contributed by atoms with Crippen LogP contribution < -0.4 is 10.2 Å². The maximum Gasteiger partial charge on any atom is 0.0724 e. The van der Waals surface area contributed by atoms with E-state index in [9.17, 15) is 19.8 Å². The molecule has 0 aliphatic rings. The van der Waals surface area contributed by atoms with E-state index in [-0.39, 0.29) is 11.1 Å². The zero-order valence-electron chi connectivity index (χ0n) is 14.0. The molecule has 0 spiro atoms. The van der Waals surface area contributed by atoms with Crippen LogP contribution in [-0.4, -0.2) is 11.9 Å². The van der Waals surface area contributed by atoms with E-state index in [2.05, 4.69) is 0 Å². The lowest BCUT2D eigenvalue weighted by Crippen LogP contribution is -2.32. The third-order valence-electron chi connectivity index (χ3n) is 4.30. The molecule has 0 fully saturated rings. The van der Waals surface area contributed by atoms with Crippen molar-refractivity contribution in [3.05, 3.63) is 106 Å². The standard InChI is InChI=1S/C22H18O4/c23-21(24)18-12-11-17(13-15-7-3-1-4-8-15)19(20(18)22(25)26)14-16-9-5-2-6-10-16/h1-12H,13-14H2,(H,23,24)(H,25,26)/p-2. The van der Waals surface area contributed by atoms with Crippen molar-refractivity contribution < 1.29 is 19.8 Å². The fraction of sp³-hybridized carbons (Fsp3) is 0.0909. The van der Waals surface area contributed by atoms with Crippen LogP contribution in [0.4, 0.5) is 0 Å². The van der Waals surface area contributed by atoms with Crippen molar-refractivity contribution >= 4 is 11.9 Å². The highest BCUT2D eigenvalue weighted by Crippen LogP contribution is 2.25. The van der Waals surface area contributed by atoms with E-state index in [1.807, 2.05) is 60.7 Å². The number of benzene rings is 3. The summed E-state index contributed by atoms with van der Waals surface area (Å²) < 4.78 is 0. The van der Waals surface area contributed by atoms with Gasteiger partial charge in [-0.1, -0.05) is 72.8 Å². The largest absolute Gasteiger partial charge is 0.545 e. The van der Waals surface area contributed by atoms with E-state index in [0.717, 1.165) is 16.7 Å². The van der Waals surface area contributed by atoms with Gasteiger partial charge in [0.25, 0.3) is 0 Å². The van der Waals surface area contributed by atoms with Gasteiger partial charge in [0.1, 0.15) is 0 Å². The average molecular weight is 344 g/mol. The first-order valence-corrected chi connectivity index (χ1v) is 8.21. The molecule has 26 heavy (non-hydrogen) atoms. The second kappa shape index (κ2) is 7.66. The van der Waals surface area contributed by atoms with Gasteiger partial charge in [-0.2, -0.15) is 0 Å². The van der Waals surface area contributed by atoms with E-state index >= 15 is 0 Å². The summed E-state index contributed by atoms with van der Waals surface area (Å²) in [5.74, 6) is -3.03. The second-order valence-electron chi connectivity index (χ2n) is 6.03. The quantitative estimate of drug-likeness (QED) is 0.680. The summed E-state index contributed by atoms with van der Waals surface area (Å²) in [5.41, 5.74) is 2.44. The minimum absolute atomic E-state index is 0.299. The normalized spacial score (nSPS) is 10.5. The Morgan fingerprint density at radius 1 is 0.654 bits per heavy atom. The predicted molar refractivity (Wildman–Crippen MR) is 93.6 cm³/mol. The summed E-state index contributed by atoms with van der Waals surface area (Å²) in [6, 6.07) is 21.9. The van der Waals surface area contributed by atoms with Crippen molar-refractivity contribution in [1.82, 2.24) is 0 Å². The van der Waals surface area contributed by atoms with Crippen molar-refractivity contribution in [2.75, 3.05) is 0 Å². The molecule has 0 saturated carbocycles. The Hall–Kier alpha value is -3.40. The molecular weight excluding hydrogens is 328 g/mol. The Kier molecular flexibility index (Phi) is 5.13. The highest BCUT2D eigenvalue weighted by atomic mass is 16.4. The molecule has 0 saturated heterocycles. The van der Waals surface area contributed by atoms with E-state index in [1.165, 1.54) is 6.07 Å². The van der Waals surface area contributed by atoms with Crippen LogP contribution in [0.2, 0.25) is 0 Å². The maximum absolute atomic E-state index is 11.7. The summed E-state index contributed by atoms with van der Waals surface area (Å²) in [7, 11) is 0. The Bertz CT molecular complexity index is 931. The lowest BCUT2D eigenvalue weighted by molar-refractivity contribution is -0.259. The predicted octanol–water partition coefficient (Wildman–Crippen LogP) is 1.60. The summed E-state index contributed by atoms with van der Waals surface area (Å²) in [5, 5.41) is 23.1. The summed E-state index contributed by atoms with van der Waals surface area (Å²) in [4.78, 5) is 23.1. The zero-order valence-corrected chi connectivity index (χ0v) is 14.0. The van der Waals surface area contributed by atoms with Gasteiger partial charge in [-0.05, 0) is 35.1 Å². The Morgan fingerprint density at radius 3 is 1.69 bits per heavy atom. The van der Waals surface area contributed by atoms with Crippen molar-refractivity contribution in [3.63, 3.8) is 0 Å². The van der Waals surface area contributed by atoms with Gasteiger partial charge < -0.3 is 19.8 Å². The molecule has 0 aliphatic carbocycles. The average Bonchev–Trinajstić information content (AvgIpc) is 2.64. The molecule has 0 aromatic heterocycles. The van der Waals surface area contributed by atoms with Gasteiger partial charge in [0.15, 0.2) is 0 Å². The van der Waals surface area contributed by atoms with E-state index in [0.29, 0.717) is 18.4 Å². The number of hydrogen-bond donors (Lipinski definition) is 0. The molecule has 0 aliphatic heterocycles. The second-order valence-corrected chi connectivity index (χ2v) is 6.03. The first-order valence-electron chi connectivity index (χ1n) is 8.21. The van der Waals surface area contributed by atoms with E-state index < -0.39 is 11.9 Å². The van der Waals surface area contributed by atoms with Crippen LogP contribution in [0.15, 0.2) is 72.8 Å². The third-order valence-corrected chi connectivity index (χ3v) is 4.30. The number of rotatable bonds is 6. The minimum Gasteiger partial charge on any atom is -0.545 e. The smallest absolute Gasteiger partial charge is 0.0724 e. The summed E-state index contributed by atoms with van der Waals surface area (Å²) in [6.07, 6.45) is 0.796. The Labute approximate surface area is 151 Å². The van der Waals surface area contributed by atoms with Gasteiger partial charge in [0.05, 0.1) is 11.9 Å². The fourth-order valence-electron chi connectivity index (χ4n) is 3.08. The molecule has 3 aromatic carbocycles. The highest BCUT2D eigenvalue weighted by molar-refractivity contribution is 6.01. The summed E-state index contributed by atoms with van der Waals surface area (Å²) >= 11 is 0. The maximum atomic E-state index is 11.7. The van der Waals surface area contributed by atoms with Crippen molar-refractivity contribution in [2.45, 2.75) is 12.8 Å². The van der Waals surface area contributed by atoms with Gasteiger partial charge in [0, 0.05) is 11.1 Å². The van der Waals surface area contributed by atoms with Crippen LogP contribution >= 0.6 is 0 Å². The molecule has 4 heteroatoms. The van der Waals surface area contributed by atoms with Crippen LogP contribution in [0.25, 0.3) is 0 Å². The molecule has 3 aromatic rings. The number of carboxylic acids is 2. The molecule has 0 N–H and O–H groups in total. The molecular formula is C22H16O4-2. The lowest BCUT2D eigenvalue weighted by Gasteiger charge is -2.20. The van der Waals surface area contributed by atoms with Gasteiger partial charge >= 0.3 is 0 Å². The molecule has 0 radical (unpaired) electrons. The molecule has 0 atom stereocenters. The Morgan fingerprint density at radius 2 is 1.19 bits per heavy atom. The molecule has 3 rings (SSSR count). The van der Waals surface area contributed by atoms with Gasteiger partial charge in [-0.15, -0.1) is 0 Å². The van der Waals surface area contributed by atoms with Crippen molar-refractivity contribution in [1.29, 1.82) is 0 Å². The van der Waals surface area contributed by atoms with Crippen LogP contribution in [0.5, 0.6) is 0 Å². The molecule has 0 heterocycles. The van der Waals surface area contributed by atoms with Crippen LogP contribution in [0, 0.1) is 0 Å². The lowest BCUT2D eigenvalue weighted by atomic mass is 9.88. The molecule has 0 unspecified atom stereocenters. The van der Waals surface area contributed by atoms with Gasteiger partial charge in [-0.3, -0.25) is 0 Å². The monoisotopic (exact) mass is 344 g/mol. The first-order chi connectivity index (χ1) is 12.6. The van der Waals surface area contributed by atoms with E-state index in [4.69, 9.17) is 0 Å². The van der Waals surface area contributed by atoms with Crippen molar-refractivity contribution in [2.24, 2.45) is 0 Å². The van der Waals surface area contributed by atoms with Crippen molar-refractivity contribution in [3.8, 4) is 0 Å². The van der Waals surface area contributed by atoms with Crippen LogP contribution in [-0.2, 0) is 12.8 Å². The minimum atomic E-state index is -1.52. The SMILES string of the molecule is O=C([O-])c1ccc(Cc2ccccc2)c(Cc2ccccc2)c1C(=O)[O-]. The topological polar surface area (TPSA) is 80.3 Å². The van der Waals surface area contributed by atoms with Crippen LogP contribution in [0.1, 0.15) is 43.0 Å². The number of carbonyl (C=O) groups is 2. The molecule has 4 nitrogen and oxygen atoms in total. The molecule has 0 bridgehead atoms. The first kappa shape index (κ1) is 17.4. The van der Waals surface area contributed by atoms with Gasteiger partial charge in [-0.25, -0.2) is 0 Å². The van der Waals surface area contributed by atoms with E-state index in [1.54, 1.807) is 6.07 Å². The molecule has 130 valence electrons. The number of hydrogen-bond acceptors (Lipinski definition) is 4. The highest BCUT2D eigenvalue weighted by Gasteiger charge is 2.16. The number of aromatic carboxylic acids is 2. The third kappa shape index (κ3) is 3.81. The zero-order chi connectivity index (χ0) is 18.5. The number of carbonyl (C=O) groups excluding carboxylic acids is 2. The van der Waals surface area contributed by atoms with Gasteiger partial charge in [0.2, 0.25) is 0 Å². The van der Waals surface area contributed by atoms with Crippen LogP contribution in [0.3, 0.4) is 0 Å². The number of carboxylic acid groups (broad SMARTS) is 2.